The Bertz CT molecular complexity index is 665. The van der Waals surface area contributed by atoms with Crippen molar-refractivity contribution in [2.45, 2.75) is 33.2 Å². The zero-order valence-corrected chi connectivity index (χ0v) is 13.8. The molecule has 1 N–H and O–H groups in total. The first kappa shape index (κ1) is 15.1. The molecule has 0 bridgehead atoms. The summed E-state index contributed by atoms with van der Waals surface area (Å²) in [5, 5.41) is 4.66. The number of aromatic nitrogens is 1. The molecule has 4 heteroatoms. The molecule has 118 valence electrons. The van der Waals surface area contributed by atoms with Crippen LogP contribution in [0.25, 0.3) is 10.9 Å². The standard InChI is InChI=1S/C18H25N3O/c1-4-21(5-2)12-13-9-15-17(16(10-13)22-3)18-14(11-20-15)7-6-8-19-18/h9-11,19H,4-8,12H2,1-3H3. The van der Waals surface area contributed by atoms with Gasteiger partial charge in [-0.05, 0) is 49.2 Å². The largest absolute Gasteiger partial charge is 0.496 e. The first-order chi connectivity index (χ1) is 10.8. The van der Waals surface area contributed by atoms with Gasteiger partial charge in [0.15, 0.2) is 0 Å². The van der Waals surface area contributed by atoms with Gasteiger partial charge in [0.1, 0.15) is 5.75 Å². The van der Waals surface area contributed by atoms with Gasteiger partial charge in [-0.15, -0.1) is 0 Å². The number of pyridine rings is 1. The molecule has 0 aliphatic carbocycles. The maximum atomic E-state index is 5.68. The van der Waals surface area contributed by atoms with E-state index in [0.717, 1.165) is 49.3 Å². The summed E-state index contributed by atoms with van der Waals surface area (Å²) >= 11 is 0. The molecule has 0 unspecified atom stereocenters. The van der Waals surface area contributed by atoms with E-state index >= 15 is 0 Å². The Morgan fingerprint density at radius 3 is 2.82 bits per heavy atom. The van der Waals surface area contributed by atoms with Crippen LogP contribution in [0.5, 0.6) is 5.75 Å². The second-order valence-electron chi connectivity index (χ2n) is 5.84. The van der Waals surface area contributed by atoms with Crippen LogP contribution in [0.4, 0.5) is 5.69 Å². The van der Waals surface area contributed by atoms with Crippen molar-refractivity contribution in [1.29, 1.82) is 0 Å². The first-order valence-electron chi connectivity index (χ1n) is 8.21. The zero-order valence-electron chi connectivity index (χ0n) is 13.8. The number of benzene rings is 1. The van der Waals surface area contributed by atoms with Gasteiger partial charge in [-0.1, -0.05) is 13.8 Å². The molecule has 4 nitrogen and oxygen atoms in total. The molecule has 0 fully saturated rings. The van der Waals surface area contributed by atoms with Gasteiger partial charge >= 0.3 is 0 Å². The molecule has 0 atom stereocenters. The SMILES string of the molecule is CCN(CC)Cc1cc(OC)c2c3c(cnc2c1)CCCN3. The van der Waals surface area contributed by atoms with E-state index in [0.29, 0.717) is 0 Å². The van der Waals surface area contributed by atoms with E-state index in [9.17, 15) is 0 Å². The number of anilines is 1. The maximum Gasteiger partial charge on any atom is 0.130 e. The monoisotopic (exact) mass is 299 g/mol. The van der Waals surface area contributed by atoms with Gasteiger partial charge in [0.05, 0.1) is 23.7 Å². The molecular weight excluding hydrogens is 274 g/mol. The highest BCUT2D eigenvalue weighted by Gasteiger charge is 2.17. The van der Waals surface area contributed by atoms with E-state index < -0.39 is 0 Å². The van der Waals surface area contributed by atoms with Crippen LogP contribution in [-0.2, 0) is 13.0 Å². The number of nitrogens with one attached hydrogen (secondary N) is 1. The van der Waals surface area contributed by atoms with Crippen LogP contribution in [0.2, 0.25) is 0 Å². The van der Waals surface area contributed by atoms with E-state index in [-0.39, 0.29) is 0 Å². The average molecular weight is 299 g/mol. The number of hydrogen-bond donors (Lipinski definition) is 1. The van der Waals surface area contributed by atoms with E-state index in [1.165, 1.54) is 23.2 Å². The lowest BCUT2D eigenvalue weighted by Crippen LogP contribution is -2.22. The van der Waals surface area contributed by atoms with Crippen molar-refractivity contribution in [2.24, 2.45) is 0 Å². The fourth-order valence-corrected chi connectivity index (χ4v) is 3.22. The van der Waals surface area contributed by atoms with Crippen molar-refractivity contribution in [3.63, 3.8) is 0 Å². The van der Waals surface area contributed by atoms with E-state index in [4.69, 9.17) is 4.74 Å². The van der Waals surface area contributed by atoms with Gasteiger partial charge in [-0.25, -0.2) is 0 Å². The number of nitrogens with zero attached hydrogens (tertiary/aromatic N) is 2. The smallest absolute Gasteiger partial charge is 0.130 e. The van der Waals surface area contributed by atoms with Crippen molar-refractivity contribution < 1.29 is 4.74 Å². The summed E-state index contributed by atoms with van der Waals surface area (Å²) < 4.78 is 5.68. The molecule has 22 heavy (non-hydrogen) atoms. The molecule has 0 amide bonds. The summed E-state index contributed by atoms with van der Waals surface area (Å²) in [5.41, 5.74) is 4.79. The van der Waals surface area contributed by atoms with Crippen molar-refractivity contribution >= 4 is 16.6 Å². The lowest BCUT2D eigenvalue weighted by Gasteiger charge is -2.22. The summed E-state index contributed by atoms with van der Waals surface area (Å²) in [6.07, 6.45) is 4.28. The Morgan fingerprint density at radius 1 is 1.27 bits per heavy atom. The Kier molecular flexibility index (Phi) is 4.48. The van der Waals surface area contributed by atoms with Crippen LogP contribution in [0.15, 0.2) is 18.3 Å². The topological polar surface area (TPSA) is 37.4 Å². The van der Waals surface area contributed by atoms with Gasteiger partial charge in [-0.2, -0.15) is 0 Å². The maximum absolute atomic E-state index is 5.68. The van der Waals surface area contributed by atoms with Gasteiger partial charge in [0.25, 0.3) is 0 Å². The molecule has 1 aliphatic heterocycles. The number of hydrogen-bond acceptors (Lipinski definition) is 4. The van der Waals surface area contributed by atoms with Gasteiger partial charge < -0.3 is 10.1 Å². The lowest BCUT2D eigenvalue weighted by molar-refractivity contribution is 0.295. The fourth-order valence-electron chi connectivity index (χ4n) is 3.22. The molecule has 1 aromatic carbocycles. The second-order valence-corrected chi connectivity index (χ2v) is 5.84. The minimum absolute atomic E-state index is 0.929. The molecule has 1 aliphatic rings. The normalized spacial score (nSPS) is 14.0. The highest BCUT2D eigenvalue weighted by atomic mass is 16.5. The van der Waals surface area contributed by atoms with Crippen LogP contribution in [-0.4, -0.2) is 36.6 Å². The van der Waals surface area contributed by atoms with Gasteiger partial charge in [0, 0.05) is 19.3 Å². The fraction of sp³-hybridized carbons (Fsp3) is 0.500. The Labute approximate surface area is 132 Å². The van der Waals surface area contributed by atoms with E-state index in [1.54, 1.807) is 7.11 Å². The van der Waals surface area contributed by atoms with Crippen LogP contribution >= 0.6 is 0 Å². The summed E-state index contributed by atoms with van der Waals surface area (Å²) in [4.78, 5) is 7.08. The molecule has 2 heterocycles. The number of aryl methyl sites for hydroxylation is 1. The minimum atomic E-state index is 0.929. The highest BCUT2D eigenvalue weighted by molar-refractivity contribution is 5.98. The predicted octanol–water partition coefficient (Wildman–Crippen LogP) is 3.44. The molecule has 3 rings (SSSR count). The third kappa shape index (κ3) is 2.75. The molecule has 2 aromatic rings. The highest BCUT2D eigenvalue weighted by Crippen LogP contribution is 2.37. The van der Waals surface area contributed by atoms with E-state index in [1.807, 2.05) is 6.20 Å². The quantitative estimate of drug-likeness (QED) is 0.917. The van der Waals surface area contributed by atoms with Crippen molar-refractivity contribution in [3.8, 4) is 5.75 Å². The summed E-state index contributed by atoms with van der Waals surface area (Å²) in [6, 6.07) is 4.37. The molecule has 0 radical (unpaired) electrons. The summed E-state index contributed by atoms with van der Waals surface area (Å²) in [6.45, 7) is 8.45. The summed E-state index contributed by atoms with van der Waals surface area (Å²) in [5.74, 6) is 0.929. The van der Waals surface area contributed by atoms with Crippen molar-refractivity contribution in [1.82, 2.24) is 9.88 Å². The van der Waals surface area contributed by atoms with Crippen LogP contribution in [0, 0.1) is 0 Å². The minimum Gasteiger partial charge on any atom is -0.496 e. The number of ether oxygens (including phenoxy) is 1. The molecular formula is C18H25N3O. The second kappa shape index (κ2) is 6.53. The Hall–Kier alpha value is -1.81. The van der Waals surface area contributed by atoms with Crippen molar-refractivity contribution in [3.05, 3.63) is 29.5 Å². The Morgan fingerprint density at radius 2 is 2.09 bits per heavy atom. The number of methoxy groups -OCH3 is 1. The van der Waals surface area contributed by atoms with Crippen molar-refractivity contribution in [2.75, 3.05) is 32.1 Å². The first-order valence-corrected chi connectivity index (χ1v) is 8.21. The molecule has 0 saturated heterocycles. The van der Waals surface area contributed by atoms with Gasteiger partial charge in [-0.3, -0.25) is 9.88 Å². The Balaban J connectivity index is 2.09. The van der Waals surface area contributed by atoms with Crippen LogP contribution in [0.3, 0.4) is 0 Å². The van der Waals surface area contributed by atoms with E-state index in [2.05, 4.69) is 41.2 Å². The number of rotatable bonds is 5. The third-order valence-electron chi connectivity index (χ3n) is 4.52. The zero-order chi connectivity index (χ0) is 15.5. The van der Waals surface area contributed by atoms with Gasteiger partial charge in [0.2, 0.25) is 0 Å². The van der Waals surface area contributed by atoms with Crippen LogP contribution in [0.1, 0.15) is 31.4 Å². The predicted molar refractivity (Wildman–Crippen MR) is 91.7 cm³/mol. The molecule has 0 spiro atoms. The average Bonchev–Trinajstić information content (AvgIpc) is 2.58. The lowest BCUT2D eigenvalue weighted by atomic mass is 10.00. The number of fused-ring (bicyclic) bond motifs is 3. The van der Waals surface area contributed by atoms with Crippen LogP contribution < -0.4 is 10.1 Å². The molecule has 0 saturated carbocycles. The third-order valence-corrected chi connectivity index (χ3v) is 4.52. The summed E-state index contributed by atoms with van der Waals surface area (Å²) in [7, 11) is 1.75. The molecule has 1 aromatic heterocycles.